The molecular formula is C19H29IN4O. The molecule has 0 aliphatic carbocycles. The summed E-state index contributed by atoms with van der Waals surface area (Å²) in [6.07, 6.45) is 7.83. The van der Waals surface area contributed by atoms with E-state index >= 15 is 0 Å². The maximum Gasteiger partial charge on any atom is 0.192 e. The molecule has 1 aliphatic heterocycles. The highest BCUT2D eigenvalue weighted by Crippen LogP contribution is 2.27. The molecule has 25 heavy (non-hydrogen) atoms. The van der Waals surface area contributed by atoms with Crippen molar-refractivity contribution in [1.29, 1.82) is 0 Å². The number of likely N-dealkylation sites (tertiary alicyclic amines) is 1. The third-order valence-electron chi connectivity index (χ3n) is 4.18. The SMILES string of the molecule is C#CCNC(=NCC(c1cccc(OC)c1)N1CCCC1)NCC.I. The lowest BCUT2D eigenvalue weighted by molar-refractivity contribution is 0.251. The summed E-state index contributed by atoms with van der Waals surface area (Å²) in [5.41, 5.74) is 1.24. The molecule has 0 bridgehead atoms. The standard InChI is InChI=1S/C19H28N4O.HI/c1-4-11-21-19(20-5-2)22-15-18(23-12-6-7-13-23)16-9-8-10-17(14-16)24-3;/h1,8-10,14,18H,5-7,11-13,15H2,2-3H3,(H2,20,21,22);1H. The predicted molar refractivity (Wildman–Crippen MR) is 115 cm³/mol. The third-order valence-corrected chi connectivity index (χ3v) is 4.18. The van der Waals surface area contributed by atoms with Crippen molar-refractivity contribution in [2.24, 2.45) is 4.99 Å². The van der Waals surface area contributed by atoms with E-state index in [2.05, 4.69) is 33.6 Å². The average molecular weight is 456 g/mol. The Morgan fingerprint density at radius 1 is 1.36 bits per heavy atom. The smallest absolute Gasteiger partial charge is 0.192 e. The van der Waals surface area contributed by atoms with Crippen LogP contribution in [0.15, 0.2) is 29.3 Å². The highest BCUT2D eigenvalue weighted by Gasteiger charge is 2.23. The number of halogens is 1. The number of hydrogen-bond donors (Lipinski definition) is 2. The molecule has 1 aromatic rings. The molecule has 0 aromatic heterocycles. The Kier molecular flexibility index (Phi) is 10.3. The van der Waals surface area contributed by atoms with Gasteiger partial charge in [-0.2, -0.15) is 0 Å². The number of terminal acetylenes is 1. The van der Waals surface area contributed by atoms with Crippen molar-refractivity contribution in [2.45, 2.75) is 25.8 Å². The second-order valence-corrected chi connectivity index (χ2v) is 5.81. The number of hydrogen-bond acceptors (Lipinski definition) is 3. The minimum absolute atomic E-state index is 0. The van der Waals surface area contributed by atoms with Gasteiger partial charge in [-0.25, -0.2) is 0 Å². The Balaban J connectivity index is 0.00000312. The van der Waals surface area contributed by atoms with E-state index in [4.69, 9.17) is 16.2 Å². The molecule has 1 fully saturated rings. The normalized spacial score (nSPS) is 15.8. The Labute approximate surface area is 168 Å². The van der Waals surface area contributed by atoms with E-state index in [0.29, 0.717) is 13.1 Å². The van der Waals surface area contributed by atoms with Crippen molar-refractivity contribution in [3.8, 4) is 18.1 Å². The van der Waals surface area contributed by atoms with Gasteiger partial charge in [-0.05, 0) is 50.6 Å². The first-order chi connectivity index (χ1) is 11.8. The largest absolute Gasteiger partial charge is 0.497 e. The molecule has 1 aliphatic rings. The van der Waals surface area contributed by atoms with Gasteiger partial charge in [0.05, 0.1) is 26.2 Å². The predicted octanol–water partition coefficient (Wildman–Crippen LogP) is 2.64. The molecular weight excluding hydrogens is 427 g/mol. The number of rotatable bonds is 7. The monoisotopic (exact) mass is 456 g/mol. The first kappa shape index (κ1) is 21.6. The van der Waals surface area contributed by atoms with Crippen LogP contribution in [-0.2, 0) is 0 Å². The van der Waals surface area contributed by atoms with E-state index in [1.54, 1.807) is 7.11 Å². The zero-order chi connectivity index (χ0) is 17.2. The summed E-state index contributed by atoms with van der Waals surface area (Å²) in [7, 11) is 1.70. The van der Waals surface area contributed by atoms with Gasteiger partial charge in [-0.1, -0.05) is 18.1 Å². The molecule has 5 nitrogen and oxygen atoms in total. The summed E-state index contributed by atoms with van der Waals surface area (Å²) >= 11 is 0. The van der Waals surface area contributed by atoms with Crippen LogP contribution in [0.1, 0.15) is 31.4 Å². The maximum absolute atomic E-state index is 5.38. The highest BCUT2D eigenvalue weighted by atomic mass is 127. The highest BCUT2D eigenvalue weighted by molar-refractivity contribution is 14.0. The fraction of sp³-hybridized carbons (Fsp3) is 0.526. The van der Waals surface area contributed by atoms with Crippen molar-refractivity contribution in [3.05, 3.63) is 29.8 Å². The molecule has 138 valence electrons. The van der Waals surface area contributed by atoms with E-state index in [9.17, 15) is 0 Å². The van der Waals surface area contributed by atoms with Gasteiger partial charge in [0.15, 0.2) is 5.96 Å². The molecule has 0 radical (unpaired) electrons. The molecule has 0 saturated carbocycles. The summed E-state index contributed by atoms with van der Waals surface area (Å²) in [5, 5.41) is 6.39. The second kappa shape index (κ2) is 12.0. The number of nitrogens with one attached hydrogen (secondary N) is 2. The van der Waals surface area contributed by atoms with Crippen molar-refractivity contribution >= 4 is 29.9 Å². The first-order valence-corrected chi connectivity index (χ1v) is 8.62. The Morgan fingerprint density at radius 2 is 2.12 bits per heavy atom. The van der Waals surface area contributed by atoms with Crippen LogP contribution in [-0.4, -0.2) is 50.7 Å². The number of guanidine groups is 1. The summed E-state index contributed by atoms with van der Waals surface area (Å²) in [5.74, 6) is 4.24. The summed E-state index contributed by atoms with van der Waals surface area (Å²) < 4.78 is 5.38. The fourth-order valence-corrected chi connectivity index (χ4v) is 2.99. The Bertz CT molecular complexity index is 579. The van der Waals surface area contributed by atoms with Gasteiger partial charge >= 0.3 is 0 Å². The number of nitrogens with zero attached hydrogens (tertiary/aromatic N) is 2. The van der Waals surface area contributed by atoms with Crippen LogP contribution in [0.25, 0.3) is 0 Å². The van der Waals surface area contributed by atoms with Crippen molar-refractivity contribution < 1.29 is 4.74 Å². The van der Waals surface area contributed by atoms with Crippen LogP contribution in [0.4, 0.5) is 0 Å². The molecule has 0 spiro atoms. The molecule has 2 rings (SSSR count). The number of ether oxygens (including phenoxy) is 1. The van der Waals surface area contributed by atoms with E-state index in [0.717, 1.165) is 31.3 Å². The van der Waals surface area contributed by atoms with Crippen molar-refractivity contribution in [1.82, 2.24) is 15.5 Å². The van der Waals surface area contributed by atoms with Crippen LogP contribution in [0.2, 0.25) is 0 Å². The molecule has 1 atom stereocenters. The van der Waals surface area contributed by atoms with E-state index < -0.39 is 0 Å². The van der Waals surface area contributed by atoms with Gasteiger partial charge in [-0.15, -0.1) is 30.4 Å². The van der Waals surface area contributed by atoms with Crippen molar-refractivity contribution in [3.63, 3.8) is 0 Å². The minimum Gasteiger partial charge on any atom is -0.497 e. The number of methoxy groups -OCH3 is 1. The molecule has 1 aromatic carbocycles. The van der Waals surface area contributed by atoms with Crippen LogP contribution < -0.4 is 15.4 Å². The first-order valence-electron chi connectivity index (χ1n) is 8.62. The maximum atomic E-state index is 5.38. The average Bonchev–Trinajstić information content (AvgIpc) is 3.14. The molecule has 1 heterocycles. The van der Waals surface area contributed by atoms with E-state index in [1.165, 1.54) is 18.4 Å². The molecule has 1 saturated heterocycles. The second-order valence-electron chi connectivity index (χ2n) is 5.81. The summed E-state index contributed by atoms with van der Waals surface area (Å²) in [6, 6.07) is 8.54. The van der Waals surface area contributed by atoms with Crippen molar-refractivity contribution in [2.75, 3.05) is 39.8 Å². The third kappa shape index (κ3) is 6.75. The fourth-order valence-electron chi connectivity index (χ4n) is 2.99. The summed E-state index contributed by atoms with van der Waals surface area (Å²) in [4.78, 5) is 7.25. The molecule has 2 N–H and O–H groups in total. The Hall–Kier alpha value is -1.46. The van der Waals surface area contributed by atoms with Gasteiger partial charge in [0, 0.05) is 6.54 Å². The molecule has 6 heteroatoms. The van der Waals surface area contributed by atoms with Crippen LogP contribution >= 0.6 is 24.0 Å². The number of benzene rings is 1. The van der Waals surface area contributed by atoms with Crippen LogP contribution in [0, 0.1) is 12.3 Å². The molecule has 1 unspecified atom stereocenters. The number of aliphatic imine (C=N–C) groups is 1. The summed E-state index contributed by atoms with van der Waals surface area (Å²) in [6.45, 7) is 6.25. The van der Waals surface area contributed by atoms with E-state index in [-0.39, 0.29) is 30.0 Å². The van der Waals surface area contributed by atoms with Gasteiger partial charge < -0.3 is 15.4 Å². The lowest BCUT2D eigenvalue weighted by atomic mass is 10.1. The lowest BCUT2D eigenvalue weighted by Crippen LogP contribution is -2.38. The van der Waals surface area contributed by atoms with Gasteiger partial charge in [0.1, 0.15) is 5.75 Å². The van der Waals surface area contributed by atoms with Crippen LogP contribution in [0.3, 0.4) is 0 Å². The lowest BCUT2D eigenvalue weighted by Gasteiger charge is -2.27. The van der Waals surface area contributed by atoms with Gasteiger partial charge in [0.2, 0.25) is 0 Å². The quantitative estimate of drug-likeness (QED) is 0.287. The van der Waals surface area contributed by atoms with Gasteiger partial charge in [0.25, 0.3) is 0 Å². The molecule has 0 amide bonds. The van der Waals surface area contributed by atoms with Gasteiger partial charge in [-0.3, -0.25) is 9.89 Å². The van der Waals surface area contributed by atoms with E-state index in [1.807, 2.05) is 19.1 Å². The zero-order valence-electron chi connectivity index (χ0n) is 15.1. The zero-order valence-corrected chi connectivity index (χ0v) is 17.5. The Morgan fingerprint density at radius 3 is 2.76 bits per heavy atom. The van der Waals surface area contributed by atoms with Crippen LogP contribution in [0.5, 0.6) is 5.75 Å². The topological polar surface area (TPSA) is 48.9 Å². The minimum atomic E-state index is 0.